The molecule has 0 aliphatic rings. The summed E-state index contributed by atoms with van der Waals surface area (Å²) in [5.74, 6) is -0.882. The third-order valence-electron chi connectivity index (χ3n) is 4.58. The predicted molar refractivity (Wildman–Crippen MR) is 122 cm³/mol. The fraction of sp³-hybridized carbons (Fsp3) is 0.364. The molecular formula is C22H29N3O5S. The van der Waals surface area contributed by atoms with Crippen molar-refractivity contribution < 1.29 is 22.7 Å². The number of aryl methyl sites for hydroxylation is 2. The largest absolute Gasteiger partial charge is 0.385 e. The van der Waals surface area contributed by atoms with Crippen molar-refractivity contribution in [2.24, 2.45) is 0 Å². The number of amides is 2. The van der Waals surface area contributed by atoms with E-state index >= 15 is 0 Å². The van der Waals surface area contributed by atoms with Crippen LogP contribution >= 0.6 is 0 Å². The molecule has 0 fully saturated rings. The molecule has 2 aromatic rings. The second kappa shape index (κ2) is 10.9. The standard InChI is InChI=1S/C22H29N3O5S/c1-16-10-11-17(2)20(14-16)25(31(4,28)29)15-21(26)24-19-9-6-5-8-18(19)22(27)23-12-7-13-30-3/h5-6,8-11,14H,7,12-13,15H2,1-4H3,(H,23,27)(H,24,26). The van der Waals surface area contributed by atoms with Gasteiger partial charge in [-0.25, -0.2) is 8.42 Å². The van der Waals surface area contributed by atoms with Crippen molar-refractivity contribution in [2.75, 3.05) is 42.7 Å². The van der Waals surface area contributed by atoms with Crippen molar-refractivity contribution in [3.8, 4) is 0 Å². The molecule has 0 radical (unpaired) electrons. The van der Waals surface area contributed by atoms with Gasteiger partial charge < -0.3 is 15.4 Å². The van der Waals surface area contributed by atoms with Gasteiger partial charge >= 0.3 is 0 Å². The van der Waals surface area contributed by atoms with Gasteiger partial charge in [0.05, 0.1) is 23.2 Å². The lowest BCUT2D eigenvalue weighted by Gasteiger charge is -2.24. The molecule has 0 saturated heterocycles. The number of benzene rings is 2. The maximum Gasteiger partial charge on any atom is 0.253 e. The molecule has 9 heteroatoms. The molecule has 8 nitrogen and oxygen atoms in total. The first kappa shape index (κ1) is 24.4. The molecule has 0 saturated carbocycles. The van der Waals surface area contributed by atoms with E-state index in [1.165, 1.54) is 0 Å². The number of anilines is 2. The van der Waals surface area contributed by atoms with Crippen molar-refractivity contribution in [1.82, 2.24) is 5.32 Å². The molecule has 0 unspecified atom stereocenters. The Labute approximate surface area is 183 Å². The van der Waals surface area contributed by atoms with Gasteiger partial charge in [0.15, 0.2) is 0 Å². The van der Waals surface area contributed by atoms with Crippen LogP contribution in [0.2, 0.25) is 0 Å². The van der Waals surface area contributed by atoms with Crippen LogP contribution in [-0.4, -0.2) is 53.3 Å². The molecule has 0 spiro atoms. The number of hydrogen-bond donors (Lipinski definition) is 2. The molecular weight excluding hydrogens is 418 g/mol. The smallest absolute Gasteiger partial charge is 0.253 e. The molecule has 168 valence electrons. The van der Waals surface area contributed by atoms with E-state index in [-0.39, 0.29) is 5.91 Å². The molecule has 2 aromatic carbocycles. The molecule has 2 amide bonds. The van der Waals surface area contributed by atoms with Gasteiger partial charge in [0.1, 0.15) is 6.54 Å². The fourth-order valence-corrected chi connectivity index (χ4v) is 3.90. The van der Waals surface area contributed by atoms with Crippen molar-refractivity contribution in [3.05, 3.63) is 59.2 Å². The van der Waals surface area contributed by atoms with Gasteiger partial charge in [-0.2, -0.15) is 0 Å². The summed E-state index contributed by atoms with van der Waals surface area (Å²) in [6, 6.07) is 12.0. The summed E-state index contributed by atoms with van der Waals surface area (Å²) in [5.41, 5.74) is 2.67. The highest BCUT2D eigenvalue weighted by atomic mass is 32.2. The summed E-state index contributed by atoms with van der Waals surface area (Å²) in [5, 5.41) is 5.44. The first-order valence-corrected chi connectivity index (χ1v) is 11.7. The molecule has 0 heterocycles. The Bertz CT molecular complexity index is 1040. The molecule has 0 aliphatic carbocycles. The van der Waals surface area contributed by atoms with Crippen LogP contribution in [0.5, 0.6) is 0 Å². The van der Waals surface area contributed by atoms with E-state index in [2.05, 4.69) is 10.6 Å². The molecule has 2 N–H and O–H groups in total. The molecule has 2 rings (SSSR count). The summed E-state index contributed by atoms with van der Waals surface area (Å²) in [6.07, 6.45) is 1.72. The summed E-state index contributed by atoms with van der Waals surface area (Å²) < 4.78 is 30.8. The molecule has 0 bridgehead atoms. The minimum absolute atomic E-state index is 0.297. The van der Waals surface area contributed by atoms with Crippen molar-refractivity contribution in [2.45, 2.75) is 20.3 Å². The Morgan fingerprint density at radius 3 is 2.48 bits per heavy atom. The number of hydrogen-bond acceptors (Lipinski definition) is 5. The van der Waals surface area contributed by atoms with E-state index in [1.54, 1.807) is 44.4 Å². The average molecular weight is 448 g/mol. The van der Waals surface area contributed by atoms with Crippen LogP contribution in [0.15, 0.2) is 42.5 Å². The van der Waals surface area contributed by atoms with E-state index in [1.807, 2.05) is 19.1 Å². The van der Waals surface area contributed by atoms with Crippen LogP contribution < -0.4 is 14.9 Å². The number of sulfonamides is 1. The van der Waals surface area contributed by atoms with E-state index in [4.69, 9.17) is 4.74 Å². The molecule has 31 heavy (non-hydrogen) atoms. The lowest BCUT2D eigenvalue weighted by Crippen LogP contribution is -2.38. The second-order valence-corrected chi connectivity index (χ2v) is 9.16. The van der Waals surface area contributed by atoms with Crippen LogP contribution in [0, 0.1) is 13.8 Å². The maximum atomic E-state index is 12.7. The fourth-order valence-electron chi connectivity index (χ4n) is 2.99. The normalized spacial score (nSPS) is 11.1. The number of para-hydroxylation sites is 1. The maximum absolute atomic E-state index is 12.7. The quantitative estimate of drug-likeness (QED) is 0.545. The number of nitrogens with zero attached hydrogens (tertiary/aromatic N) is 1. The number of carbonyl (C=O) groups excluding carboxylic acids is 2. The minimum Gasteiger partial charge on any atom is -0.385 e. The molecule has 0 aliphatic heterocycles. The van der Waals surface area contributed by atoms with Crippen LogP contribution in [0.3, 0.4) is 0 Å². The third-order valence-corrected chi connectivity index (χ3v) is 5.70. The highest BCUT2D eigenvalue weighted by Crippen LogP contribution is 2.24. The number of carbonyl (C=O) groups is 2. The Balaban J connectivity index is 2.19. The average Bonchev–Trinajstić information content (AvgIpc) is 2.71. The third kappa shape index (κ3) is 7.08. The Kier molecular flexibility index (Phi) is 8.58. The topological polar surface area (TPSA) is 105 Å². The monoisotopic (exact) mass is 447 g/mol. The number of rotatable bonds is 10. The zero-order valence-corrected chi connectivity index (χ0v) is 19.1. The Hall–Kier alpha value is -2.91. The van der Waals surface area contributed by atoms with Crippen molar-refractivity contribution in [1.29, 1.82) is 0 Å². The summed E-state index contributed by atoms with van der Waals surface area (Å²) in [7, 11) is -2.12. The second-order valence-electron chi connectivity index (χ2n) is 7.26. The van der Waals surface area contributed by atoms with Crippen LogP contribution in [0.1, 0.15) is 27.9 Å². The number of ether oxygens (including phenoxy) is 1. The van der Waals surface area contributed by atoms with Crippen molar-refractivity contribution in [3.63, 3.8) is 0 Å². The molecule has 0 aromatic heterocycles. The van der Waals surface area contributed by atoms with Gasteiger partial charge in [-0.3, -0.25) is 13.9 Å². The number of nitrogens with one attached hydrogen (secondary N) is 2. The minimum atomic E-state index is -3.71. The van der Waals surface area contributed by atoms with Crippen LogP contribution in [-0.2, 0) is 19.6 Å². The van der Waals surface area contributed by atoms with E-state index < -0.39 is 22.5 Å². The Morgan fingerprint density at radius 2 is 1.81 bits per heavy atom. The van der Waals surface area contributed by atoms with E-state index in [9.17, 15) is 18.0 Å². The van der Waals surface area contributed by atoms with Gasteiger partial charge in [-0.05, 0) is 49.6 Å². The first-order chi connectivity index (χ1) is 14.6. The van der Waals surface area contributed by atoms with E-state index in [0.29, 0.717) is 36.5 Å². The van der Waals surface area contributed by atoms with Gasteiger partial charge in [0, 0.05) is 20.3 Å². The predicted octanol–water partition coefficient (Wildman–Crippen LogP) is 2.47. The van der Waals surface area contributed by atoms with Crippen LogP contribution in [0.4, 0.5) is 11.4 Å². The summed E-state index contributed by atoms with van der Waals surface area (Å²) in [4.78, 5) is 25.2. The zero-order valence-electron chi connectivity index (χ0n) is 18.3. The van der Waals surface area contributed by atoms with Gasteiger partial charge in [-0.15, -0.1) is 0 Å². The summed E-state index contributed by atoms with van der Waals surface area (Å²) >= 11 is 0. The highest BCUT2D eigenvalue weighted by molar-refractivity contribution is 7.92. The van der Waals surface area contributed by atoms with Gasteiger partial charge in [0.2, 0.25) is 15.9 Å². The zero-order chi connectivity index (χ0) is 23.0. The van der Waals surface area contributed by atoms with Crippen LogP contribution in [0.25, 0.3) is 0 Å². The molecule has 0 atom stereocenters. The van der Waals surface area contributed by atoms with Gasteiger partial charge in [-0.1, -0.05) is 24.3 Å². The first-order valence-electron chi connectivity index (χ1n) is 9.84. The summed E-state index contributed by atoms with van der Waals surface area (Å²) in [6.45, 7) is 4.19. The van der Waals surface area contributed by atoms with Gasteiger partial charge in [0.25, 0.3) is 5.91 Å². The van der Waals surface area contributed by atoms with E-state index in [0.717, 1.165) is 21.7 Å². The lowest BCUT2D eigenvalue weighted by molar-refractivity contribution is -0.114. The Morgan fingerprint density at radius 1 is 1.10 bits per heavy atom. The highest BCUT2D eigenvalue weighted by Gasteiger charge is 2.23. The number of methoxy groups -OCH3 is 1. The van der Waals surface area contributed by atoms with Crippen molar-refractivity contribution >= 4 is 33.2 Å². The lowest BCUT2D eigenvalue weighted by atomic mass is 10.1. The SMILES string of the molecule is COCCCNC(=O)c1ccccc1NC(=O)CN(c1cc(C)ccc1C)S(C)(=O)=O.